The van der Waals surface area contributed by atoms with E-state index in [1.807, 2.05) is 0 Å². The van der Waals surface area contributed by atoms with Gasteiger partial charge in [0.25, 0.3) is 0 Å². The van der Waals surface area contributed by atoms with E-state index in [0.717, 1.165) is 6.04 Å². The van der Waals surface area contributed by atoms with E-state index in [-0.39, 0.29) is 0 Å². The molecule has 0 aromatic heterocycles. The predicted molar refractivity (Wildman–Crippen MR) is 117 cm³/mol. The van der Waals surface area contributed by atoms with Gasteiger partial charge in [-0.25, -0.2) is 0 Å². The number of rotatable bonds is 1. The number of nitrogens with zero attached hydrogens (tertiary/aromatic N) is 2. The van der Waals surface area contributed by atoms with Crippen LogP contribution in [0.4, 0.5) is 0 Å². The molecule has 156 valence electrons. The van der Waals surface area contributed by atoms with Gasteiger partial charge in [-0.15, -0.1) is 0 Å². The van der Waals surface area contributed by atoms with Crippen LogP contribution in [-0.2, 0) is 0 Å². The Labute approximate surface area is 165 Å². The number of hydrogen-bond donors (Lipinski definition) is 1. The first-order valence-electron chi connectivity index (χ1n) is 11.8. The molecule has 2 saturated heterocycles. The molecule has 1 N–H and O–H groups in total. The van der Waals surface area contributed by atoms with Crippen LogP contribution in [0.1, 0.15) is 96.3 Å². The molecule has 0 spiro atoms. The molecule has 0 unspecified atom stereocenters. The van der Waals surface area contributed by atoms with Crippen LogP contribution in [0.3, 0.4) is 0 Å². The molecule has 0 atom stereocenters. The third-order valence-electron chi connectivity index (χ3n) is 6.17. The average Bonchev–Trinajstić information content (AvgIpc) is 3.04. The molecule has 0 radical (unpaired) electrons. The van der Waals surface area contributed by atoms with Crippen LogP contribution in [0.25, 0.3) is 0 Å². The lowest BCUT2D eigenvalue weighted by molar-refractivity contribution is 0.297. The van der Waals surface area contributed by atoms with E-state index < -0.39 is 0 Å². The molecule has 1 aliphatic carbocycles. The summed E-state index contributed by atoms with van der Waals surface area (Å²) in [7, 11) is 6.52. The lowest BCUT2D eigenvalue weighted by Crippen LogP contribution is -2.23. The summed E-state index contributed by atoms with van der Waals surface area (Å²) in [6.45, 7) is 5.28. The zero-order valence-corrected chi connectivity index (χ0v) is 18.4. The summed E-state index contributed by atoms with van der Waals surface area (Å²) in [5.41, 5.74) is 0. The van der Waals surface area contributed by atoms with E-state index in [1.54, 1.807) is 0 Å². The first-order chi connectivity index (χ1) is 12.7. The van der Waals surface area contributed by atoms with Crippen molar-refractivity contribution in [2.75, 3.05) is 47.3 Å². The molecule has 3 rings (SSSR count). The van der Waals surface area contributed by atoms with Gasteiger partial charge >= 0.3 is 0 Å². The summed E-state index contributed by atoms with van der Waals surface area (Å²) >= 11 is 0. The average molecular weight is 368 g/mol. The van der Waals surface area contributed by atoms with E-state index in [4.69, 9.17) is 0 Å². The summed E-state index contributed by atoms with van der Waals surface area (Å²) in [5.74, 6) is 0. The summed E-state index contributed by atoms with van der Waals surface area (Å²) in [4.78, 5) is 4.87. The molecule has 3 nitrogen and oxygen atoms in total. The molecule has 0 aromatic carbocycles. The highest BCUT2D eigenvalue weighted by molar-refractivity contribution is 4.67. The van der Waals surface area contributed by atoms with Crippen molar-refractivity contribution in [2.24, 2.45) is 0 Å². The topological polar surface area (TPSA) is 18.5 Å². The van der Waals surface area contributed by atoms with Crippen LogP contribution in [-0.4, -0.2) is 63.2 Å². The Morgan fingerprint density at radius 3 is 1.15 bits per heavy atom. The van der Waals surface area contributed by atoms with Crippen LogP contribution >= 0.6 is 0 Å². The van der Waals surface area contributed by atoms with E-state index in [1.165, 1.54) is 122 Å². The van der Waals surface area contributed by atoms with Crippen LogP contribution in [0.5, 0.6) is 0 Å². The van der Waals surface area contributed by atoms with Crippen molar-refractivity contribution < 1.29 is 0 Å². The molecule has 3 fully saturated rings. The van der Waals surface area contributed by atoms with Crippen molar-refractivity contribution in [3.8, 4) is 0 Å². The normalized spacial score (nSPS) is 24.6. The first-order valence-corrected chi connectivity index (χ1v) is 11.8. The monoisotopic (exact) mass is 367 g/mol. The van der Waals surface area contributed by atoms with Gasteiger partial charge < -0.3 is 15.1 Å². The maximum absolute atomic E-state index is 3.34. The van der Waals surface area contributed by atoms with Gasteiger partial charge in [0.2, 0.25) is 0 Å². The zero-order valence-electron chi connectivity index (χ0n) is 18.4. The predicted octanol–water partition coefficient (Wildman–Crippen LogP) is 5.30. The Kier molecular flexibility index (Phi) is 15.6. The van der Waals surface area contributed by atoms with Gasteiger partial charge in [-0.2, -0.15) is 0 Å². The minimum Gasteiger partial charge on any atom is -0.317 e. The van der Waals surface area contributed by atoms with E-state index >= 15 is 0 Å². The number of hydrogen-bond acceptors (Lipinski definition) is 3. The Balaban J connectivity index is 0.000000195. The lowest BCUT2D eigenvalue weighted by atomic mass is 10.1. The lowest BCUT2D eigenvalue weighted by Gasteiger charge is -2.18. The minimum absolute atomic E-state index is 0.826. The highest BCUT2D eigenvalue weighted by Crippen LogP contribution is 2.16. The summed E-state index contributed by atoms with van der Waals surface area (Å²) < 4.78 is 0. The minimum atomic E-state index is 0.826. The zero-order chi connectivity index (χ0) is 18.9. The molecule has 3 aliphatic rings. The van der Waals surface area contributed by atoms with E-state index in [2.05, 4.69) is 36.3 Å². The van der Waals surface area contributed by atoms with Gasteiger partial charge in [-0.3, -0.25) is 0 Å². The van der Waals surface area contributed by atoms with Crippen molar-refractivity contribution in [1.82, 2.24) is 15.1 Å². The van der Waals surface area contributed by atoms with Crippen molar-refractivity contribution in [2.45, 2.75) is 102 Å². The van der Waals surface area contributed by atoms with Gasteiger partial charge in [-0.1, -0.05) is 57.8 Å². The van der Waals surface area contributed by atoms with Crippen LogP contribution in [0, 0.1) is 0 Å². The van der Waals surface area contributed by atoms with Gasteiger partial charge in [0.05, 0.1) is 0 Å². The highest BCUT2D eigenvalue weighted by Gasteiger charge is 2.08. The Morgan fingerprint density at radius 2 is 0.808 bits per heavy atom. The fourth-order valence-corrected chi connectivity index (χ4v) is 4.20. The van der Waals surface area contributed by atoms with E-state index in [9.17, 15) is 0 Å². The molecule has 2 aliphatic heterocycles. The van der Waals surface area contributed by atoms with Crippen molar-refractivity contribution in [1.29, 1.82) is 0 Å². The Morgan fingerprint density at radius 1 is 0.500 bits per heavy atom. The van der Waals surface area contributed by atoms with Crippen LogP contribution < -0.4 is 5.32 Å². The molecule has 3 heteroatoms. The summed E-state index contributed by atoms with van der Waals surface area (Å²) in [6.07, 6.45) is 21.5. The smallest absolute Gasteiger partial charge is 0.00640 e. The highest BCUT2D eigenvalue weighted by atomic mass is 15.1. The summed E-state index contributed by atoms with van der Waals surface area (Å²) in [6, 6.07) is 0.826. The molecule has 1 saturated carbocycles. The maximum Gasteiger partial charge on any atom is 0.00640 e. The SMILES string of the molecule is CN1CCCCCC1.CN1CCCCCCC1.CNC1CCCCCC1. The van der Waals surface area contributed by atoms with Crippen molar-refractivity contribution in [3.63, 3.8) is 0 Å². The molecule has 26 heavy (non-hydrogen) atoms. The molecular formula is C23H49N3. The van der Waals surface area contributed by atoms with Gasteiger partial charge in [-0.05, 0) is 85.8 Å². The second kappa shape index (κ2) is 17.0. The fourth-order valence-electron chi connectivity index (χ4n) is 4.20. The first kappa shape index (κ1) is 23.9. The van der Waals surface area contributed by atoms with Crippen LogP contribution in [0.2, 0.25) is 0 Å². The molecule has 0 bridgehead atoms. The van der Waals surface area contributed by atoms with E-state index in [0.29, 0.717) is 0 Å². The second-order valence-corrected chi connectivity index (χ2v) is 8.77. The van der Waals surface area contributed by atoms with Gasteiger partial charge in [0.1, 0.15) is 0 Å². The second-order valence-electron chi connectivity index (χ2n) is 8.77. The van der Waals surface area contributed by atoms with Crippen molar-refractivity contribution >= 4 is 0 Å². The molecule has 0 aromatic rings. The standard InChI is InChI=1S/2C8H17N.C7H15N/c1-9-7-5-3-2-4-6-8-9;1-9-8-6-4-2-3-5-7-8;1-8-6-4-2-3-5-7-8/h2-8H2,1H3;8-9H,2-7H2,1H3;2-7H2,1H3. The number of likely N-dealkylation sites (tertiary alicyclic amines) is 2. The largest absolute Gasteiger partial charge is 0.317 e. The third-order valence-corrected chi connectivity index (χ3v) is 6.17. The quantitative estimate of drug-likeness (QED) is 0.634. The molecule has 2 heterocycles. The summed E-state index contributed by atoms with van der Waals surface area (Å²) in [5, 5.41) is 3.34. The third kappa shape index (κ3) is 14.0. The molecular weight excluding hydrogens is 318 g/mol. The van der Waals surface area contributed by atoms with Gasteiger partial charge in [0, 0.05) is 6.04 Å². The Bertz CT molecular complexity index is 271. The fraction of sp³-hybridized carbons (Fsp3) is 1.00. The Hall–Kier alpha value is -0.120. The maximum atomic E-state index is 3.34. The van der Waals surface area contributed by atoms with Crippen molar-refractivity contribution in [3.05, 3.63) is 0 Å². The van der Waals surface area contributed by atoms with Crippen LogP contribution in [0.15, 0.2) is 0 Å². The molecule has 0 amide bonds. The number of nitrogens with one attached hydrogen (secondary N) is 1. The van der Waals surface area contributed by atoms with Gasteiger partial charge in [0.15, 0.2) is 0 Å².